The summed E-state index contributed by atoms with van der Waals surface area (Å²) in [4.78, 5) is 23.3. The first-order valence-corrected chi connectivity index (χ1v) is 8.87. The van der Waals surface area contributed by atoms with E-state index < -0.39 is 39.7 Å². The highest BCUT2D eigenvalue weighted by atomic mass is 32.2. The number of aliphatic carboxylic acids is 1. The van der Waals surface area contributed by atoms with Gasteiger partial charge < -0.3 is 10.4 Å². The summed E-state index contributed by atoms with van der Waals surface area (Å²) in [7, 11) is -3.68. The number of halogens is 1. The number of nitrogens with one attached hydrogen (secondary N) is 2. The number of carbonyl (C=O) groups is 2. The van der Waals surface area contributed by atoms with Crippen molar-refractivity contribution < 1.29 is 27.5 Å². The number of amides is 1. The summed E-state index contributed by atoms with van der Waals surface area (Å²) in [5, 5.41) is 11.7. The number of carboxylic acids is 1. The first-order chi connectivity index (χ1) is 10.7. The highest BCUT2D eigenvalue weighted by Gasteiger charge is 2.34. The van der Waals surface area contributed by atoms with Crippen LogP contribution in [-0.4, -0.2) is 37.7 Å². The minimum atomic E-state index is -3.68. The smallest absolute Gasteiger partial charge is 0.308 e. The van der Waals surface area contributed by atoms with Crippen molar-refractivity contribution in [1.82, 2.24) is 5.32 Å². The zero-order valence-electron chi connectivity index (χ0n) is 12.4. The Morgan fingerprint density at radius 3 is 2.61 bits per heavy atom. The average molecular weight is 344 g/mol. The van der Waals surface area contributed by atoms with E-state index in [0.717, 1.165) is 18.4 Å². The van der Waals surface area contributed by atoms with Gasteiger partial charge in [-0.2, -0.15) is 0 Å². The number of carbonyl (C=O) groups excluding carboxylic acids is 1. The summed E-state index contributed by atoms with van der Waals surface area (Å²) in [6, 6.07) is 2.78. The van der Waals surface area contributed by atoms with E-state index in [9.17, 15) is 22.4 Å². The summed E-state index contributed by atoms with van der Waals surface area (Å²) in [5.74, 6) is -2.99. The van der Waals surface area contributed by atoms with Gasteiger partial charge in [-0.15, -0.1) is 0 Å². The van der Waals surface area contributed by atoms with Crippen LogP contribution in [0.2, 0.25) is 0 Å². The summed E-state index contributed by atoms with van der Waals surface area (Å²) in [6.45, 7) is 0. The van der Waals surface area contributed by atoms with Gasteiger partial charge in [-0.3, -0.25) is 14.3 Å². The Kier molecular flexibility index (Phi) is 4.88. The normalized spacial score (nSPS) is 21.0. The summed E-state index contributed by atoms with van der Waals surface area (Å²) in [5.41, 5.74) is -0.282. The Morgan fingerprint density at radius 2 is 2.00 bits per heavy atom. The lowest BCUT2D eigenvalue weighted by molar-refractivity contribution is -0.142. The zero-order chi connectivity index (χ0) is 17.2. The maximum absolute atomic E-state index is 13.6. The molecule has 1 aliphatic carbocycles. The van der Waals surface area contributed by atoms with Crippen molar-refractivity contribution in [3.63, 3.8) is 0 Å². The van der Waals surface area contributed by atoms with E-state index in [2.05, 4.69) is 5.32 Å². The molecule has 1 aliphatic rings. The zero-order valence-corrected chi connectivity index (χ0v) is 13.2. The van der Waals surface area contributed by atoms with Gasteiger partial charge in [-0.25, -0.2) is 12.8 Å². The molecule has 2 atom stereocenters. The van der Waals surface area contributed by atoms with Crippen molar-refractivity contribution in [3.8, 4) is 0 Å². The maximum atomic E-state index is 13.6. The van der Waals surface area contributed by atoms with Gasteiger partial charge in [0, 0.05) is 11.6 Å². The maximum Gasteiger partial charge on any atom is 0.308 e. The number of hydrogen-bond acceptors (Lipinski definition) is 4. The molecule has 1 saturated carbocycles. The molecule has 126 valence electrons. The second-order valence-electron chi connectivity index (χ2n) is 5.52. The Bertz CT molecular complexity index is 735. The van der Waals surface area contributed by atoms with E-state index in [1.54, 1.807) is 0 Å². The molecule has 7 nitrogen and oxygen atoms in total. The van der Waals surface area contributed by atoms with Crippen LogP contribution in [0.1, 0.15) is 29.6 Å². The van der Waals surface area contributed by atoms with Crippen LogP contribution in [0.4, 0.5) is 10.1 Å². The Morgan fingerprint density at radius 1 is 1.30 bits per heavy atom. The molecule has 1 aromatic carbocycles. The van der Waals surface area contributed by atoms with Gasteiger partial charge >= 0.3 is 5.97 Å². The molecule has 0 bridgehead atoms. The van der Waals surface area contributed by atoms with E-state index in [0.29, 0.717) is 19.3 Å². The van der Waals surface area contributed by atoms with Crippen LogP contribution in [0.25, 0.3) is 0 Å². The highest BCUT2D eigenvalue weighted by molar-refractivity contribution is 7.92. The predicted octanol–water partition coefficient (Wildman–Crippen LogP) is 1.18. The lowest BCUT2D eigenvalue weighted by Crippen LogP contribution is -2.40. The van der Waals surface area contributed by atoms with Gasteiger partial charge in [0.15, 0.2) is 0 Å². The Balaban J connectivity index is 2.16. The van der Waals surface area contributed by atoms with Gasteiger partial charge in [0.05, 0.1) is 17.9 Å². The quantitative estimate of drug-likeness (QED) is 0.742. The second-order valence-corrected chi connectivity index (χ2v) is 7.27. The fraction of sp³-hybridized carbons (Fsp3) is 0.429. The van der Waals surface area contributed by atoms with E-state index in [1.165, 1.54) is 6.07 Å². The molecule has 9 heteroatoms. The van der Waals surface area contributed by atoms with Crippen LogP contribution in [0.3, 0.4) is 0 Å². The van der Waals surface area contributed by atoms with Gasteiger partial charge in [0.1, 0.15) is 5.82 Å². The van der Waals surface area contributed by atoms with Gasteiger partial charge in [-0.05, 0) is 31.0 Å². The molecule has 0 aromatic heterocycles. The lowest BCUT2D eigenvalue weighted by atomic mass is 10.0. The van der Waals surface area contributed by atoms with Crippen LogP contribution in [-0.2, 0) is 14.8 Å². The minimum Gasteiger partial charge on any atom is -0.481 e. The van der Waals surface area contributed by atoms with Crippen LogP contribution in [0.5, 0.6) is 0 Å². The van der Waals surface area contributed by atoms with E-state index in [4.69, 9.17) is 5.11 Å². The molecule has 0 saturated heterocycles. The average Bonchev–Trinajstić information content (AvgIpc) is 2.88. The molecule has 3 N–H and O–H groups in total. The largest absolute Gasteiger partial charge is 0.481 e. The topological polar surface area (TPSA) is 113 Å². The third kappa shape index (κ3) is 4.41. The number of rotatable bonds is 5. The molecule has 0 aliphatic heterocycles. The van der Waals surface area contributed by atoms with Crippen molar-refractivity contribution >= 4 is 27.6 Å². The Hall–Kier alpha value is -2.16. The van der Waals surface area contributed by atoms with E-state index >= 15 is 0 Å². The monoisotopic (exact) mass is 344 g/mol. The van der Waals surface area contributed by atoms with Crippen molar-refractivity contribution in [1.29, 1.82) is 0 Å². The summed E-state index contributed by atoms with van der Waals surface area (Å²) in [6.07, 6.45) is 2.62. The van der Waals surface area contributed by atoms with Gasteiger partial charge in [-0.1, -0.05) is 6.42 Å². The van der Waals surface area contributed by atoms with Crippen molar-refractivity contribution in [2.45, 2.75) is 25.3 Å². The molecule has 1 aromatic rings. The van der Waals surface area contributed by atoms with Crippen LogP contribution >= 0.6 is 0 Å². The fourth-order valence-corrected chi connectivity index (χ4v) is 3.18. The predicted molar refractivity (Wildman–Crippen MR) is 81.1 cm³/mol. The molecule has 1 fully saturated rings. The third-order valence-corrected chi connectivity index (χ3v) is 4.26. The van der Waals surface area contributed by atoms with Gasteiger partial charge in [0.2, 0.25) is 10.0 Å². The fourth-order valence-electron chi connectivity index (χ4n) is 2.62. The van der Waals surface area contributed by atoms with Crippen molar-refractivity contribution in [2.75, 3.05) is 11.0 Å². The number of anilines is 1. The molecule has 1 amide bonds. The van der Waals surface area contributed by atoms with Crippen LogP contribution < -0.4 is 10.0 Å². The number of carboxylic acid groups (broad SMARTS) is 1. The van der Waals surface area contributed by atoms with Crippen LogP contribution in [0, 0.1) is 11.7 Å². The number of hydrogen-bond donors (Lipinski definition) is 3. The lowest BCUT2D eigenvalue weighted by Gasteiger charge is -2.18. The molecular formula is C14H17FN2O5S. The van der Waals surface area contributed by atoms with E-state index in [1.807, 2.05) is 4.72 Å². The molecule has 0 heterocycles. The minimum absolute atomic E-state index is 0.0496. The molecule has 23 heavy (non-hydrogen) atoms. The number of sulfonamides is 1. The molecule has 0 radical (unpaired) electrons. The molecule has 2 rings (SSSR count). The van der Waals surface area contributed by atoms with Crippen LogP contribution in [0.15, 0.2) is 18.2 Å². The van der Waals surface area contributed by atoms with E-state index in [-0.39, 0.29) is 11.3 Å². The highest BCUT2D eigenvalue weighted by Crippen LogP contribution is 2.26. The SMILES string of the molecule is CS(=O)(=O)Nc1cc(C(=O)N[C@@H]2CCC[C@@H]2C(=O)O)ccc1F. The standard InChI is InChI=1S/C14H17FN2O5S/c1-23(21,22)17-12-7-8(5-6-10(12)15)13(18)16-11-4-2-3-9(11)14(19)20/h5-7,9,11,17H,2-4H2,1H3,(H,16,18)(H,19,20)/t9-,11+/m0/s1. The second kappa shape index (κ2) is 6.53. The van der Waals surface area contributed by atoms with Crippen molar-refractivity contribution in [3.05, 3.63) is 29.6 Å². The molecular weight excluding hydrogens is 327 g/mol. The summed E-state index contributed by atoms with van der Waals surface area (Å²) < 4.78 is 38.0. The van der Waals surface area contributed by atoms with Gasteiger partial charge in [0.25, 0.3) is 5.91 Å². The van der Waals surface area contributed by atoms with Crippen molar-refractivity contribution in [2.24, 2.45) is 5.92 Å². The molecule has 0 spiro atoms. The first kappa shape index (κ1) is 17.2. The molecule has 0 unspecified atom stereocenters. The summed E-state index contributed by atoms with van der Waals surface area (Å²) >= 11 is 0. The first-order valence-electron chi connectivity index (χ1n) is 6.98. The third-order valence-electron chi connectivity index (χ3n) is 3.67. The number of benzene rings is 1. The Labute approximate surface area is 132 Å².